The molecule has 0 unspecified atom stereocenters. The van der Waals surface area contributed by atoms with Crippen LogP contribution in [0.3, 0.4) is 0 Å². The summed E-state index contributed by atoms with van der Waals surface area (Å²) in [6, 6.07) is 13.0. The van der Waals surface area contributed by atoms with E-state index in [2.05, 4.69) is 20.9 Å². The van der Waals surface area contributed by atoms with Crippen LogP contribution in [0.2, 0.25) is 0 Å². The standard InChI is InChI=1S/C14H12BrFN2/c15-11-6-13(16)12(14(17)7-11)9-18-8-10-4-2-1-3-5-10/h1-7,9H,8,17H2/p+1. The van der Waals surface area contributed by atoms with Gasteiger partial charge in [-0.3, -0.25) is 0 Å². The Hall–Kier alpha value is -1.68. The second-order valence-corrected chi connectivity index (χ2v) is 4.82. The molecule has 0 heterocycles. The Kier molecular flexibility index (Phi) is 4.10. The van der Waals surface area contributed by atoms with Gasteiger partial charge in [0.05, 0.1) is 5.56 Å². The highest BCUT2D eigenvalue weighted by molar-refractivity contribution is 9.10. The van der Waals surface area contributed by atoms with Gasteiger partial charge in [0.15, 0.2) is 12.8 Å². The maximum Gasteiger partial charge on any atom is 0.174 e. The first kappa shape index (κ1) is 12.8. The molecule has 0 aliphatic rings. The van der Waals surface area contributed by atoms with Crippen molar-refractivity contribution in [2.45, 2.75) is 6.54 Å². The lowest BCUT2D eigenvalue weighted by Crippen LogP contribution is -2.67. The molecule has 0 saturated carbocycles. The van der Waals surface area contributed by atoms with Gasteiger partial charge in [0.1, 0.15) is 5.82 Å². The van der Waals surface area contributed by atoms with Crippen molar-refractivity contribution in [2.24, 2.45) is 0 Å². The topological polar surface area (TPSA) is 40.0 Å². The highest BCUT2D eigenvalue weighted by Gasteiger charge is 2.08. The van der Waals surface area contributed by atoms with Gasteiger partial charge in [0, 0.05) is 15.7 Å². The summed E-state index contributed by atoms with van der Waals surface area (Å²) in [6.07, 6.45) is 1.60. The predicted octanol–water partition coefficient (Wildman–Crippen LogP) is 1.87. The fourth-order valence-electron chi connectivity index (χ4n) is 1.62. The van der Waals surface area contributed by atoms with Crippen molar-refractivity contribution in [3.63, 3.8) is 0 Å². The molecule has 0 aromatic heterocycles. The summed E-state index contributed by atoms with van der Waals surface area (Å²) >= 11 is 3.20. The number of nitrogens with two attached hydrogens (primary N) is 1. The van der Waals surface area contributed by atoms with Gasteiger partial charge in [-0.1, -0.05) is 46.3 Å². The molecule has 0 fully saturated rings. The summed E-state index contributed by atoms with van der Waals surface area (Å²) in [5, 5.41) is 0. The average Bonchev–Trinajstić information content (AvgIpc) is 2.34. The van der Waals surface area contributed by atoms with Gasteiger partial charge < -0.3 is 5.73 Å². The van der Waals surface area contributed by atoms with Crippen molar-refractivity contribution in [1.29, 1.82) is 0 Å². The highest BCUT2D eigenvalue weighted by Crippen LogP contribution is 2.20. The lowest BCUT2D eigenvalue weighted by Gasteiger charge is -2.00. The number of rotatable bonds is 3. The second-order valence-electron chi connectivity index (χ2n) is 3.90. The number of nitrogens with one attached hydrogen (secondary N) is 1. The number of hydrogen-bond donors (Lipinski definition) is 2. The van der Waals surface area contributed by atoms with Crippen LogP contribution in [0.15, 0.2) is 46.9 Å². The van der Waals surface area contributed by atoms with E-state index < -0.39 is 0 Å². The molecule has 0 atom stereocenters. The zero-order chi connectivity index (χ0) is 13.0. The second kappa shape index (κ2) is 5.78. The van der Waals surface area contributed by atoms with E-state index in [0.29, 0.717) is 22.3 Å². The first-order valence-electron chi connectivity index (χ1n) is 5.52. The third-order valence-electron chi connectivity index (χ3n) is 2.52. The van der Waals surface area contributed by atoms with Crippen molar-refractivity contribution in [3.05, 3.63) is 63.9 Å². The van der Waals surface area contributed by atoms with Crippen LogP contribution in [0.1, 0.15) is 11.1 Å². The summed E-state index contributed by atoms with van der Waals surface area (Å²) in [5.74, 6) is -0.345. The molecule has 4 heteroatoms. The van der Waals surface area contributed by atoms with Crippen LogP contribution in [0.25, 0.3) is 0 Å². The number of anilines is 1. The third-order valence-corrected chi connectivity index (χ3v) is 2.98. The number of hydrogen-bond acceptors (Lipinski definition) is 1. The first-order valence-corrected chi connectivity index (χ1v) is 6.31. The van der Waals surface area contributed by atoms with E-state index in [1.807, 2.05) is 30.3 Å². The molecule has 0 aliphatic carbocycles. The van der Waals surface area contributed by atoms with Gasteiger partial charge >= 0.3 is 0 Å². The Balaban J connectivity index is 2.15. The van der Waals surface area contributed by atoms with Crippen LogP contribution < -0.4 is 10.7 Å². The molecule has 2 aromatic rings. The average molecular weight is 308 g/mol. The molecule has 0 bridgehead atoms. The number of halogens is 2. The maximum atomic E-state index is 13.7. The molecule has 92 valence electrons. The van der Waals surface area contributed by atoms with E-state index in [4.69, 9.17) is 5.73 Å². The van der Waals surface area contributed by atoms with Crippen LogP contribution in [0, 0.1) is 5.82 Å². The van der Waals surface area contributed by atoms with Gasteiger partial charge in [-0.25, -0.2) is 9.38 Å². The Bertz CT molecular complexity index is 544. The lowest BCUT2D eigenvalue weighted by molar-refractivity contribution is -0.469. The van der Waals surface area contributed by atoms with E-state index in [1.165, 1.54) is 6.07 Å². The normalized spacial score (nSPS) is 11.0. The molecule has 0 amide bonds. The molecular formula is C14H13BrFN2+. The van der Waals surface area contributed by atoms with Crippen LogP contribution in [0.5, 0.6) is 0 Å². The minimum absolute atomic E-state index is 0.345. The van der Waals surface area contributed by atoms with E-state index in [1.54, 1.807) is 12.3 Å². The number of benzene rings is 2. The largest absolute Gasteiger partial charge is 0.398 e. The van der Waals surface area contributed by atoms with E-state index in [9.17, 15) is 4.39 Å². The van der Waals surface area contributed by atoms with Crippen molar-refractivity contribution >= 4 is 27.8 Å². The predicted molar refractivity (Wildman–Crippen MR) is 74.8 cm³/mol. The maximum absolute atomic E-state index is 13.7. The summed E-state index contributed by atoms with van der Waals surface area (Å²) in [5.41, 5.74) is 7.68. The zero-order valence-corrected chi connectivity index (χ0v) is 11.2. The quantitative estimate of drug-likeness (QED) is 0.659. The zero-order valence-electron chi connectivity index (χ0n) is 9.66. The number of nitrogen functional groups attached to an aromatic ring is 1. The van der Waals surface area contributed by atoms with Gasteiger partial charge in [0.25, 0.3) is 0 Å². The van der Waals surface area contributed by atoms with Crippen LogP contribution >= 0.6 is 15.9 Å². The lowest BCUT2D eigenvalue weighted by atomic mass is 10.2. The van der Waals surface area contributed by atoms with E-state index in [-0.39, 0.29) is 5.82 Å². The van der Waals surface area contributed by atoms with Gasteiger partial charge in [-0.15, -0.1) is 0 Å². The molecule has 2 nitrogen and oxygen atoms in total. The van der Waals surface area contributed by atoms with Crippen LogP contribution in [0.4, 0.5) is 10.1 Å². The highest BCUT2D eigenvalue weighted by atomic mass is 79.9. The van der Waals surface area contributed by atoms with Crippen molar-refractivity contribution in [3.8, 4) is 0 Å². The molecular weight excluding hydrogens is 295 g/mol. The Morgan fingerprint density at radius 3 is 2.61 bits per heavy atom. The third kappa shape index (κ3) is 3.17. The first-order chi connectivity index (χ1) is 8.66. The minimum atomic E-state index is -0.345. The molecule has 0 saturated heterocycles. The summed E-state index contributed by atoms with van der Waals surface area (Å²) < 4.78 is 14.3. The summed E-state index contributed by atoms with van der Waals surface area (Å²) in [6.45, 7) is 0.635. The molecule has 0 radical (unpaired) electrons. The van der Waals surface area contributed by atoms with Crippen molar-refractivity contribution in [2.75, 3.05) is 5.73 Å². The van der Waals surface area contributed by atoms with Crippen molar-refractivity contribution in [1.82, 2.24) is 0 Å². The smallest absolute Gasteiger partial charge is 0.174 e. The molecule has 2 aromatic carbocycles. The van der Waals surface area contributed by atoms with E-state index in [0.717, 1.165) is 5.56 Å². The molecule has 0 aliphatic heterocycles. The minimum Gasteiger partial charge on any atom is -0.398 e. The Labute approximate surface area is 113 Å². The fourth-order valence-corrected chi connectivity index (χ4v) is 2.07. The van der Waals surface area contributed by atoms with Crippen LogP contribution in [-0.2, 0) is 6.54 Å². The SMILES string of the molecule is Nc1cc(Br)cc(F)c1C=[NH+]Cc1ccccc1. The van der Waals surface area contributed by atoms with E-state index >= 15 is 0 Å². The van der Waals surface area contributed by atoms with Crippen LogP contribution in [-0.4, -0.2) is 6.21 Å². The molecule has 2 rings (SSSR count). The van der Waals surface area contributed by atoms with Gasteiger partial charge in [-0.05, 0) is 12.1 Å². The molecule has 3 N–H and O–H groups in total. The molecule has 0 spiro atoms. The Morgan fingerprint density at radius 2 is 1.94 bits per heavy atom. The summed E-state index contributed by atoms with van der Waals surface area (Å²) in [4.78, 5) is 3.06. The van der Waals surface area contributed by atoms with Gasteiger partial charge in [0.2, 0.25) is 0 Å². The monoisotopic (exact) mass is 307 g/mol. The van der Waals surface area contributed by atoms with Gasteiger partial charge in [-0.2, -0.15) is 0 Å². The Morgan fingerprint density at radius 1 is 1.22 bits per heavy atom. The summed E-state index contributed by atoms with van der Waals surface area (Å²) in [7, 11) is 0. The van der Waals surface area contributed by atoms with Crippen molar-refractivity contribution < 1.29 is 9.38 Å². The molecule has 18 heavy (non-hydrogen) atoms. The fraction of sp³-hybridized carbons (Fsp3) is 0.0714.